The predicted octanol–water partition coefficient (Wildman–Crippen LogP) is 4.55. The number of benzene rings is 2. The Morgan fingerprint density at radius 2 is 1.96 bits per heavy atom. The molecule has 0 aliphatic carbocycles. The largest absolute Gasteiger partial charge is 0.296 e. The molecule has 0 atom stereocenters. The van der Waals surface area contributed by atoms with Crippen molar-refractivity contribution in [2.75, 3.05) is 11.4 Å². The molecular weight excluding hydrogens is 334 g/mol. The second kappa shape index (κ2) is 6.19. The van der Waals surface area contributed by atoms with E-state index in [-0.39, 0.29) is 5.91 Å². The predicted molar refractivity (Wildman–Crippen MR) is 98.5 cm³/mol. The van der Waals surface area contributed by atoms with Crippen LogP contribution in [0.3, 0.4) is 0 Å². The minimum Gasteiger partial charge on any atom is -0.296 e. The molecule has 3 aromatic rings. The van der Waals surface area contributed by atoms with Crippen LogP contribution in [-0.2, 0) is 4.79 Å². The molecule has 0 unspecified atom stereocenters. The van der Waals surface area contributed by atoms with Crippen molar-refractivity contribution in [1.82, 2.24) is 4.98 Å². The van der Waals surface area contributed by atoms with Gasteiger partial charge >= 0.3 is 0 Å². The molecule has 122 valence electrons. The number of halogens is 1. The molecule has 25 heavy (non-hydrogen) atoms. The lowest BCUT2D eigenvalue weighted by Gasteiger charge is -2.20. The Balaban J connectivity index is 2.10. The van der Waals surface area contributed by atoms with Gasteiger partial charge in [0.25, 0.3) is 0 Å². The average Bonchev–Trinajstić information content (AvgIpc) is 3.06. The summed E-state index contributed by atoms with van der Waals surface area (Å²) in [6, 6.07) is 17.4. The number of hydrogen-bond donors (Lipinski definition) is 0. The summed E-state index contributed by atoms with van der Waals surface area (Å²) in [6.07, 6.45) is 1.27. The van der Waals surface area contributed by atoms with Crippen molar-refractivity contribution in [3.63, 3.8) is 0 Å². The van der Waals surface area contributed by atoms with Crippen molar-refractivity contribution in [3.8, 4) is 17.2 Å². The topological polar surface area (TPSA) is 57.0 Å². The van der Waals surface area contributed by atoms with Gasteiger partial charge in [-0.25, -0.2) is 4.98 Å². The summed E-state index contributed by atoms with van der Waals surface area (Å²) in [4.78, 5) is 18.5. The van der Waals surface area contributed by atoms with Crippen molar-refractivity contribution < 1.29 is 4.79 Å². The first-order valence-corrected chi connectivity index (χ1v) is 8.46. The van der Waals surface area contributed by atoms with Crippen LogP contribution < -0.4 is 4.90 Å². The van der Waals surface area contributed by atoms with Crippen LogP contribution in [0.4, 0.5) is 5.82 Å². The molecule has 4 nitrogen and oxygen atoms in total. The fourth-order valence-electron chi connectivity index (χ4n) is 3.30. The Morgan fingerprint density at radius 1 is 1.16 bits per heavy atom. The number of rotatable bonds is 2. The van der Waals surface area contributed by atoms with Gasteiger partial charge in [0, 0.05) is 28.9 Å². The highest BCUT2D eigenvalue weighted by molar-refractivity contribution is 6.31. The minimum atomic E-state index is 0.0105. The second-order valence-electron chi connectivity index (χ2n) is 5.97. The van der Waals surface area contributed by atoms with Gasteiger partial charge in [-0.05, 0) is 30.2 Å². The Labute approximate surface area is 150 Å². The third-order valence-electron chi connectivity index (χ3n) is 4.43. The molecule has 0 radical (unpaired) electrons. The van der Waals surface area contributed by atoms with E-state index in [1.807, 2.05) is 42.5 Å². The maximum Gasteiger partial charge on any atom is 0.228 e. The molecule has 1 saturated heterocycles. The summed E-state index contributed by atoms with van der Waals surface area (Å²) in [5, 5.41) is 11.3. The van der Waals surface area contributed by atoms with Crippen LogP contribution in [0.1, 0.15) is 18.4 Å². The third-order valence-corrected chi connectivity index (χ3v) is 4.67. The van der Waals surface area contributed by atoms with Gasteiger partial charge in [0.15, 0.2) is 5.82 Å². The molecule has 4 rings (SSSR count). The SMILES string of the molecule is N#Cc1c(N2CCCC2=O)nc2ccc(Cl)cc2c1-c1ccccc1. The van der Waals surface area contributed by atoms with Crippen LogP contribution >= 0.6 is 11.6 Å². The van der Waals surface area contributed by atoms with E-state index >= 15 is 0 Å². The zero-order valence-corrected chi connectivity index (χ0v) is 14.1. The number of aromatic nitrogens is 1. The first kappa shape index (κ1) is 15.6. The zero-order chi connectivity index (χ0) is 17.4. The number of carbonyl (C=O) groups excluding carboxylic acids is 1. The van der Waals surface area contributed by atoms with Gasteiger partial charge in [-0.2, -0.15) is 5.26 Å². The molecule has 1 aliphatic rings. The Morgan fingerprint density at radius 3 is 2.64 bits per heavy atom. The van der Waals surface area contributed by atoms with Gasteiger partial charge in [0.2, 0.25) is 5.91 Å². The van der Waals surface area contributed by atoms with Crippen LogP contribution in [-0.4, -0.2) is 17.4 Å². The van der Waals surface area contributed by atoms with E-state index in [4.69, 9.17) is 11.6 Å². The number of hydrogen-bond acceptors (Lipinski definition) is 3. The van der Waals surface area contributed by atoms with E-state index in [0.717, 1.165) is 28.5 Å². The molecule has 5 heteroatoms. The van der Waals surface area contributed by atoms with Crippen molar-refractivity contribution >= 4 is 34.2 Å². The summed E-state index contributed by atoms with van der Waals surface area (Å²) in [6.45, 7) is 0.591. The number of anilines is 1. The lowest BCUT2D eigenvalue weighted by atomic mass is 9.96. The van der Waals surface area contributed by atoms with E-state index in [1.165, 1.54) is 0 Å². The molecule has 1 aliphatic heterocycles. The normalized spacial score (nSPS) is 14.1. The summed E-state index contributed by atoms with van der Waals surface area (Å²) in [5.74, 6) is 0.454. The third kappa shape index (κ3) is 2.63. The molecule has 1 amide bonds. The van der Waals surface area contributed by atoms with Gasteiger partial charge in [-0.3, -0.25) is 9.69 Å². The van der Waals surface area contributed by atoms with Crippen molar-refractivity contribution in [2.45, 2.75) is 12.8 Å². The van der Waals surface area contributed by atoms with E-state index in [2.05, 4.69) is 11.1 Å². The summed E-state index contributed by atoms with van der Waals surface area (Å²) >= 11 is 6.19. The molecule has 0 bridgehead atoms. The van der Waals surface area contributed by atoms with Gasteiger partial charge in [-0.1, -0.05) is 41.9 Å². The molecule has 0 N–H and O–H groups in total. The fraction of sp³-hybridized carbons (Fsp3) is 0.150. The highest BCUT2D eigenvalue weighted by Crippen LogP contribution is 2.38. The van der Waals surface area contributed by atoms with Gasteiger partial charge in [0.05, 0.1) is 5.52 Å². The first-order chi connectivity index (χ1) is 12.2. The number of carbonyl (C=O) groups is 1. The first-order valence-electron chi connectivity index (χ1n) is 8.08. The highest BCUT2D eigenvalue weighted by Gasteiger charge is 2.28. The number of nitrogens with zero attached hydrogens (tertiary/aromatic N) is 3. The molecule has 1 aromatic heterocycles. The van der Waals surface area contributed by atoms with Crippen LogP contribution in [0.25, 0.3) is 22.0 Å². The number of fused-ring (bicyclic) bond motifs is 1. The van der Waals surface area contributed by atoms with Crippen molar-refractivity contribution in [1.29, 1.82) is 5.26 Å². The standard InChI is InChI=1S/C20H14ClN3O/c21-14-8-9-17-15(11-14)19(13-5-2-1-3-6-13)16(12-22)20(23-17)24-10-4-7-18(24)25/h1-3,5-6,8-9,11H,4,7,10H2. The highest BCUT2D eigenvalue weighted by atomic mass is 35.5. The van der Waals surface area contributed by atoms with Crippen LogP contribution in [0.5, 0.6) is 0 Å². The summed E-state index contributed by atoms with van der Waals surface area (Å²) in [5.41, 5.74) is 2.81. The summed E-state index contributed by atoms with van der Waals surface area (Å²) in [7, 11) is 0. The molecular formula is C20H14ClN3O. The van der Waals surface area contributed by atoms with Gasteiger partial charge in [-0.15, -0.1) is 0 Å². The van der Waals surface area contributed by atoms with E-state index < -0.39 is 0 Å². The Bertz CT molecular complexity index is 1020. The smallest absolute Gasteiger partial charge is 0.228 e. The molecule has 1 fully saturated rings. The lowest BCUT2D eigenvalue weighted by molar-refractivity contribution is -0.117. The Hall–Kier alpha value is -2.90. The minimum absolute atomic E-state index is 0.0105. The quantitative estimate of drug-likeness (QED) is 0.683. The van der Waals surface area contributed by atoms with Crippen LogP contribution in [0.15, 0.2) is 48.5 Å². The monoisotopic (exact) mass is 347 g/mol. The van der Waals surface area contributed by atoms with Crippen LogP contribution in [0.2, 0.25) is 5.02 Å². The average molecular weight is 348 g/mol. The molecule has 2 aromatic carbocycles. The second-order valence-corrected chi connectivity index (χ2v) is 6.41. The number of nitriles is 1. The maximum absolute atomic E-state index is 12.2. The van der Waals surface area contributed by atoms with E-state index in [1.54, 1.807) is 11.0 Å². The van der Waals surface area contributed by atoms with Gasteiger partial charge < -0.3 is 0 Å². The van der Waals surface area contributed by atoms with Crippen LogP contribution in [0, 0.1) is 11.3 Å². The molecule has 0 saturated carbocycles. The number of amides is 1. The van der Waals surface area contributed by atoms with E-state index in [9.17, 15) is 10.1 Å². The molecule has 2 heterocycles. The maximum atomic E-state index is 12.2. The van der Waals surface area contributed by atoms with Crippen molar-refractivity contribution in [3.05, 3.63) is 59.1 Å². The van der Waals surface area contributed by atoms with E-state index in [0.29, 0.717) is 29.4 Å². The van der Waals surface area contributed by atoms with Gasteiger partial charge in [0.1, 0.15) is 11.6 Å². The Kier molecular flexibility index (Phi) is 3.87. The molecule has 0 spiro atoms. The lowest BCUT2D eigenvalue weighted by Crippen LogP contribution is -2.26. The summed E-state index contributed by atoms with van der Waals surface area (Å²) < 4.78 is 0. The fourth-order valence-corrected chi connectivity index (χ4v) is 3.47. The zero-order valence-electron chi connectivity index (χ0n) is 13.4. The number of pyridine rings is 1. The van der Waals surface area contributed by atoms with Crippen molar-refractivity contribution in [2.24, 2.45) is 0 Å².